The second-order valence-electron chi connectivity index (χ2n) is 16.7. The maximum Gasteiger partial charge on any atom is 0.306 e. The first-order valence-electron chi connectivity index (χ1n) is 25.3. The zero-order valence-corrected chi connectivity index (χ0v) is 39.5. The van der Waals surface area contributed by atoms with Gasteiger partial charge in [-0.15, -0.1) is 0 Å². The van der Waals surface area contributed by atoms with Gasteiger partial charge in [-0.05, 0) is 96.3 Å². The third-order valence-corrected chi connectivity index (χ3v) is 10.7. The Morgan fingerprint density at radius 2 is 0.617 bits per heavy atom. The minimum Gasteiger partial charge on any atom is -0.462 e. The van der Waals surface area contributed by atoms with E-state index in [1.807, 2.05) is 0 Å². The molecule has 0 saturated carbocycles. The SMILES string of the molecule is CCCC/C=C\C/C=C\CCCCCCCC(=O)OCC(COC(=O)CCCCCCC/C=C\CCCCCCC)OC(=O)CCCCCCC/C=C\C/C=C\CCCC. The van der Waals surface area contributed by atoms with Crippen LogP contribution in [0.2, 0.25) is 0 Å². The summed E-state index contributed by atoms with van der Waals surface area (Å²) in [5.74, 6) is -0.923. The smallest absolute Gasteiger partial charge is 0.306 e. The Hall–Kier alpha value is -2.89. The number of unbranched alkanes of at least 4 members (excludes halogenated alkanes) is 24. The normalized spacial score (nSPS) is 12.5. The number of hydrogen-bond donors (Lipinski definition) is 0. The highest BCUT2D eigenvalue weighted by Gasteiger charge is 2.19. The molecule has 0 fully saturated rings. The van der Waals surface area contributed by atoms with Gasteiger partial charge < -0.3 is 14.2 Å². The van der Waals surface area contributed by atoms with Crippen LogP contribution in [0.3, 0.4) is 0 Å². The van der Waals surface area contributed by atoms with Crippen molar-refractivity contribution in [1.29, 1.82) is 0 Å². The molecule has 0 N–H and O–H groups in total. The molecular formula is C54H94O6. The predicted octanol–water partition coefficient (Wildman–Crippen LogP) is 16.5. The monoisotopic (exact) mass is 839 g/mol. The molecule has 0 aromatic heterocycles. The Morgan fingerprint density at radius 1 is 0.333 bits per heavy atom. The lowest BCUT2D eigenvalue weighted by Gasteiger charge is -2.18. The topological polar surface area (TPSA) is 78.9 Å². The zero-order chi connectivity index (χ0) is 43.7. The summed E-state index contributed by atoms with van der Waals surface area (Å²) in [5, 5.41) is 0. The van der Waals surface area contributed by atoms with E-state index in [0.29, 0.717) is 19.3 Å². The van der Waals surface area contributed by atoms with E-state index < -0.39 is 6.10 Å². The van der Waals surface area contributed by atoms with E-state index in [-0.39, 0.29) is 31.1 Å². The van der Waals surface area contributed by atoms with Crippen LogP contribution in [0.1, 0.15) is 245 Å². The maximum atomic E-state index is 12.8. The van der Waals surface area contributed by atoms with E-state index in [1.165, 1.54) is 96.3 Å². The Morgan fingerprint density at radius 3 is 0.983 bits per heavy atom. The van der Waals surface area contributed by atoms with Crippen molar-refractivity contribution in [3.05, 3.63) is 60.8 Å². The Kier molecular flexibility index (Phi) is 46.4. The van der Waals surface area contributed by atoms with Crippen molar-refractivity contribution in [2.24, 2.45) is 0 Å². The molecule has 1 unspecified atom stereocenters. The first kappa shape index (κ1) is 57.1. The summed E-state index contributed by atoms with van der Waals surface area (Å²) < 4.78 is 16.8. The molecule has 0 radical (unpaired) electrons. The summed E-state index contributed by atoms with van der Waals surface area (Å²) in [7, 11) is 0. The molecule has 6 nitrogen and oxygen atoms in total. The quantitative estimate of drug-likeness (QED) is 0.0263. The third-order valence-electron chi connectivity index (χ3n) is 10.7. The van der Waals surface area contributed by atoms with Crippen LogP contribution in [-0.4, -0.2) is 37.2 Å². The fraction of sp³-hybridized carbons (Fsp3) is 0.759. The molecule has 60 heavy (non-hydrogen) atoms. The molecule has 0 aliphatic rings. The number of carbonyl (C=O) groups excluding carboxylic acids is 3. The van der Waals surface area contributed by atoms with Gasteiger partial charge in [0.05, 0.1) is 0 Å². The third kappa shape index (κ3) is 46.2. The largest absolute Gasteiger partial charge is 0.462 e. The lowest BCUT2D eigenvalue weighted by Crippen LogP contribution is -2.30. The van der Waals surface area contributed by atoms with E-state index in [2.05, 4.69) is 81.5 Å². The predicted molar refractivity (Wildman–Crippen MR) is 256 cm³/mol. The Labute approximate surface area is 370 Å². The minimum absolute atomic E-state index is 0.0889. The van der Waals surface area contributed by atoms with Gasteiger partial charge in [0.15, 0.2) is 6.10 Å². The highest BCUT2D eigenvalue weighted by Crippen LogP contribution is 2.13. The van der Waals surface area contributed by atoms with Crippen LogP contribution >= 0.6 is 0 Å². The van der Waals surface area contributed by atoms with E-state index in [0.717, 1.165) is 109 Å². The molecule has 1 atom stereocenters. The van der Waals surface area contributed by atoms with Crippen LogP contribution in [0.5, 0.6) is 0 Å². The van der Waals surface area contributed by atoms with Crippen LogP contribution < -0.4 is 0 Å². The molecule has 0 saturated heterocycles. The van der Waals surface area contributed by atoms with Crippen molar-refractivity contribution in [2.45, 2.75) is 252 Å². The standard InChI is InChI=1S/C54H94O6/c1-4-7-10-13-16-19-22-25-28-31-34-37-40-43-46-52(55)58-49-51(60-54(57)48-45-42-39-36-33-30-27-24-21-18-15-12-9-6-3)50-59-53(56)47-44-41-38-35-32-29-26-23-20-17-14-11-8-5-2/h13,15-16,18,22-27,51H,4-12,14,17,19-21,28-50H2,1-3H3/b16-13-,18-15-,25-22-,26-23-,27-24-. The number of rotatable bonds is 45. The van der Waals surface area contributed by atoms with E-state index in [1.54, 1.807) is 0 Å². The van der Waals surface area contributed by atoms with Gasteiger partial charge in [0.1, 0.15) is 13.2 Å². The number of esters is 3. The Bertz CT molecular complexity index is 1100. The van der Waals surface area contributed by atoms with Crippen molar-refractivity contribution in [3.63, 3.8) is 0 Å². The number of ether oxygens (including phenoxy) is 3. The first-order valence-corrected chi connectivity index (χ1v) is 25.3. The average molecular weight is 839 g/mol. The molecule has 0 rings (SSSR count). The van der Waals surface area contributed by atoms with Gasteiger partial charge in [0, 0.05) is 19.3 Å². The van der Waals surface area contributed by atoms with Crippen LogP contribution in [0.15, 0.2) is 60.8 Å². The van der Waals surface area contributed by atoms with E-state index in [4.69, 9.17) is 14.2 Å². The molecule has 0 aromatic carbocycles. The molecule has 346 valence electrons. The van der Waals surface area contributed by atoms with Crippen molar-refractivity contribution in [3.8, 4) is 0 Å². The summed E-state index contributed by atoms with van der Waals surface area (Å²) in [4.78, 5) is 37.9. The van der Waals surface area contributed by atoms with Crippen molar-refractivity contribution < 1.29 is 28.6 Å². The van der Waals surface area contributed by atoms with Crippen LogP contribution in [-0.2, 0) is 28.6 Å². The number of allylic oxidation sites excluding steroid dienone is 10. The fourth-order valence-electron chi connectivity index (χ4n) is 6.82. The van der Waals surface area contributed by atoms with Crippen molar-refractivity contribution in [1.82, 2.24) is 0 Å². The minimum atomic E-state index is -0.789. The highest BCUT2D eigenvalue weighted by atomic mass is 16.6. The molecule has 0 heterocycles. The molecule has 0 bridgehead atoms. The molecule has 0 aliphatic carbocycles. The number of hydrogen-bond acceptors (Lipinski definition) is 6. The van der Waals surface area contributed by atoms with Crippen LogP contribution in [0.25, 0.3) is 0 Å². The van der Waals surface area contributed by atoms with Gasteiger partial charge >= 0.3 is 17.9 Å². The molecule has 0 spiro atoms. The highest BCUT2D eigenvalue weighted by molar-refractivity contribution is 5.71. The lowest BCUT2D eigenvalue weighted by atomic mass is 10.1. The van der Waals surface area contributed by atoms with E-state index >= 15 is 0 Å². The van der Waals surface area contributed by atoms with E-state index in [9.17, 15) is 14.4 Å². The second-order valence-corrected chi connectivity index (χ2v) is 16.7. The molecule has 0 amide bonds. The molecule has 0 aromatic rings. The second kappa shape index (κ2) is 48.8. The average Bonchev–Trinajstić information content (AvgIpc) is 3.24. The summed E-state index contributed by atoms with van der Waals surface area (Å²) in [6.07, 6.45) is 59.1. The number of carbonyl (C=O) groups is 3. The van der Waals surface area contributed by atoms with Gasteiger partial charge in [-0.25, -0.2) is 0 Å². The van der Waals surface area contributed by atoms with Gasteiger partial charge in [-0.2, -0.15) is 0 Å². The fourth-order valence-corrected chi connectivity index (χ4v) is 6.82. The summed E-state index contributed by atoms with van der Waals surface area (Å²) >= 11 is 0. The van der Waals surface area contributed by atoms with Gasteiger partial charge in [0.2, 0.25) is 0 Å². The molecule has 0 aliphatic heterocycles. The first-order chi connectivity index (χ1) is 29.5. The maximum absolute atomic E-state index is 12.8. The summed E-state index contributed by atoms with van der Waals surface area (Å²) in [6, 6.07) is 0. The zero-order valence-electron chi connectivity index (χ0n) is 39.5. The Balaban J connectivity index is 4.44. The van der Waals surface area contributed by atoms with Gasteiger partial charge in [-0.3, -0.25) is 14.4 Å². The van der Waals surface area contributed by atoms with Crippen molar-refractivity contribution >= 4 is 17.9 Å². The summed E-state index contributed by atoms with van der Waals surface area (Å²) in [6.45, 7) is 6.52. The summed E-state index contributed by atoms with van der Waals surface area (Å²) in [5.41, 5.74) is 0. The molecular weight excluding hydrogens is 745 g/mol. The lowest BCUT2D eigenvalue weighted by molar-refractivity contribution is -0.167. The van der Waals surface area contributed by atoms with Gasteiger partial charge in [0.25, 0.3) is 0 Å². The van der Waals surface area contributed by atoms with Crippen molar-refractivity contribution in [2.75, 3.05) is 13.2 Å². The van der Waals surface area contributed by atoms with Crippen LogP contribution in [0.4, 0.5) is 0 Å². The van der Waals surface area contributed by atoms with Gasteiger partial charge in [-0.1, -0.05) is 191 Å². The van der Waals surface area contributed by atoms with Crippen LogP contribution in [0, 0.1) is 0 Å². The molecule has 6 heteroatoms.